The van der Waals surface area contributed by atoms with Crippen LogP contribution in [0.25, 0.3) is 0 Å². The van der Waals surface area contributed by atoms with E-state index in [1.165, 1.54) is 14.2 Å². The SMILES string of the molecule is COC(OC)(C(=O)c1ccccc1)C(C)(P=O)c1ccccc1. The van der Waals surface area contributed by atoms with Crippen molar-refractivity contribution >= 4 is 14.2 Å². The molecule has 0 bridgehead atoms. The third-order valence-corrected chi connectivity index (χ3v) is 4.99. The molecule has 2 aromatic carbocycles. The fraction of sp³-hybridized carbons (Fsp3) is 0.278. The van der Waals surface area contributed by atoms with Crippen molar-refractivity contribution in [2.24, 2.45) is 0 Å². The Balaban J connectivity index is 2.63. The molecule has 0 N–H and O–H groups in total. The summed E-state index contributed by atoms with van der Waals surface area (Å²) in [7, 11) is 2.49. The number of benzene rings is 2. The van der Waals surface area contributed by atoms with Gasteiger partial charge >= 0.3 is 0 Å². The molecule has 1 unspecified atom stereocenters. The largest absolute Gasteiger partial charge is 0.345 e. The van der Waals surface area contributed by atoms with Crippen molar-refractivity contribution in [1.82, 2.24) is 0 Å². The number of carbonyl (C=O) groups excluding carboxylic acids is 1. The highest BCUT2D eigenvalue weighted by Gasteiger charge is 2.57. The number of hydrogen-bond acceptors (Lipinski definition) is 4. The number of carbonyl (C=O) groups is 1. The molecule has 4 nitrogen and oxygen atoms in total. The van der Waals surface area contributed by atoms with Gasteiger partial charge < -0.3 is 9.47 Å². The first-order valence-corrected chi connectivity index (χ1v) is 7.97. The Morgan fingerprint density at radius 1 is 0.913 bits per heavy atom. The van der Waals surface area contributed by atoms with E-state index < -0.39 is 10.9 Å². The average Bonchev–Trinajstić information content (AvgIpc) is 2.64. The molecule has 0 fully saturated rings. The minimum atomic E-state index is -1.71. The van der Waals surface area contributed by atoms with E-state index in [0.29, 0.717) is 11.1 Å². The quantitative estimate of drug-likeness (QED) is 0.436. The van der Waals surface area contributed by atoms with Crippen molar-refractivity contribution in [3.05, 3.63) is 71.8 Å². The van der Waals surface area contributed by atoms with Crippen molar-refractivity contribution < 1.29 is 18.8 Å². The third-order valence-electron chi connectivity index (χ3n) is 4.07. The van der Waals surface area contributed by atoms with Crippen LogP contribution in [-0.2, 0) is 19.2 Å². The lowest BCUT2D eigenvalue weighted by molar-refractivity contribution is -0.190. The molecule has 0 heterocycles. The Morgan fingerprint density at radius 3 is 1.83 bits per heavy atom. The van der Waals surface area contributed by atoms with Crippen LogP contribution in [0.3, 0.4) is 0 Å². The topological polar surface area (TPSA) is 52.6 Å². The molecule has 1 atom stereocenters. The number of hydrogen-bond donors (Lipinski definition) is 0. The van der Waals surface area contributed by atoms with Crippen molar-refractivity contribution in [3.8, 4) is 0 Å². The lowest BCUT2D eigenvalue weighted by atomic mass is 9.85. The Morgan fingerprint density at radius 2 is 1.39 bits per heavy atom. The fourth-order valence-corrected chi connectivity index (χ4v) is 3.39. The maximum Gasteiger partial charge on any atom is 0.254 e. The van der Waals surface area contributed by atoms with Gasteiger partial charge in [-0.25, -0.2) is 0 Å². The first kappa shape index (κ1) is 17.5. The van der Waals surface area contributed by atoms with Gasteiger partial charge in [0.05, 0.1) is 0 Å². The summed E-state index contributed by atoms with van der Waals surface area (Å²) < 4.78 is 23.2. The number of methoxy groups -OCH3 is 2. The van der Waals surface area contributed by atoms with Crippen LogP contribution in [0.2, 0.25) is 0 Å². The van der Waals surface area contributed by atoms with Crippen LogP contribution in [0.15, 0.2) is 60.7 Å². The highest BCUT2D eigenvalue weighted by Crippen LogP contribution is 2.48. The predicted octanol–water partition coefficient (Wildman–Crippen LogP) is 4.07. The molecular weight excluding hydrogens is 311 g/mol. The first-order chi connectivity index (χ1) is 11.1. The van der Waals surface area contributed by atoms with Crippen molar-refractivity contribution in [2.45, 2.75) is 17.9 Å². The fourth-order valence-electron chi connectivity index (χ4n) is 2.73. The second-order valence-corrected chi connectivity index (χ2v) is 6.33. The monoisotopic (exact) mass is 330 g/mol. The van der Waals surface area contributed by atoms with E-state index in [0.717, 1.165) is 0 Å². The van der Waals surface area contributed by atoms with Crippen LogP contribution < -0.4 is 0 Å². The van der Waals surface area contributed by atoms with Gasteiger partial charge in [-0.15, -0.1) is 0 Å². The number of Topliss-reactive ketones (excluding diaryl/α,β-unsaturated/α-hetero) is 1. The molecule has 0 aliphatic carbocycles. The lowest BCUT2D eigenvalue weighted by Crippen LogP contribution is -2.55. The Hall–Kier alpha value is -1.87. The molecule has 0 spiro atoms. The smallest absolute Gasteiger partial charge is 0.254 e. The number of ether oxygens (including phenoxy) is 2. The highest BCUT2D eigenvalue weighted by atomic mass is 31.1. The van der Waals surface area contributed by atoms with E-state index in [4.69, 9.17) is 9.47 Å². The minimum Gasteiger partial charge on any atom is -0.345 e. The molecule has 23 heavy (non-hydrogen) atoms. The summed E-state index contributed by atoms with van der Waals surface area (Å²) >= 11 is 0. The molecule has 5 heteroatoms. The molecule has 0 aliphatic rings. The van der Waals surface area contributed by atoms with E-state index >= 15 is 0 Å². The molecular formula is C18H19O4P. The van der Waals surface area contributed by atoms with Crippen LogP contribution in [0.4, 0.5) is 0 Å². The minimum absolute atomic E-state index is 0.278. The average molecular weight is 330 g/mol. The van der Waals surface area contributed by atoms with E-state index in [-0.39, 0.29) is 14.2 Å². The van der Waals surface area contributed by atoms with Gasteiger partial charge in [0.25, 0.3) is 5.79 Å². The summed E-state index contributed by atoms with van der Waals surface area (Å²) in [5.41, 5.74) is 1.12. The summed E-state index contributed by atoms with van der Waals surface area (Å²) in [5.74, 6) is -2.09. The normalized spacial score (nSPS) is 14.4. The van der Waals surface area contributed by atoms with Gasteiger partial charge in [-0.1, -0.05) is 60.7 Å². The van der Waals surface area contributed by atoms with E-state index in [2.05, 4.69) is 0 Å². The zero-order valence-corrected chi connectivity index (χ0v) is 14.2. The van der Waals surface area contributed by atoms with Crippen LogP contribution in [0, 0.1) is 0 Å². The van der Waals surface area contributed by atoms with Crippen molar-refractivity contribution in [1.29, 1.82) is 0 Å². The summed E-state index contributed by atoms with van der Waals surface area (Å²) in [5, 5.41) is -1.20. The molecule has 0 aromatic heterocycles. The number of ketones is 1. The second kappa shape index (κ2) is 7.14. The molecule has 0 radical (unpaired) electrons. The summed E-state index contributed by atoms with van der Waals surface area (Å²) in [6.45, 7) is 1.69. The Labute approximate surface area is 137 Å². The van der Waals surface area contributed by atoms with Crippen LogP contribution in [-0.4, -0.2) is 25.8 Å². The molecule has 2 rings (SSSR count). The Bertz CT molecular complexity index is 668. The van der Waals surface area contributed by atoms with E-state index in [1.54, 1.807) is 43.3 Å². The number of rotatable bonds is 7. The first-order valence-electron chi connectivity index (χ1n) is 7.16. The van der Waals surface area contributed by atoms with Gasteiger partial charge in [0.15, 0.2) is 8.46 Å². The van der Waals surface area contributed by atoms with Gasteiger partial charge in [0.1, 0.15) is 5.16 Å². The summed E-state index contributed by atoms with van der Waals surface area (Å²) in [6, 6.07) is 17.8. The van der Waals surface area contributed by atoms with Crippen molar-refractivity contribution in [2.75, 3.05) is 14.2 Å². The summed E-state index contributed by atoms with van der Waals surface area (Å²) in [6.07, 6.45) is 0. The molecule has 2 aromatic rings. The lowest BCUT2D eigenvalue weighted by Gasteiger charge is -2.41. The van der Waals surface area contributed by atoms with Gasteiger partial charge in [0.2, 0.25) is 5.78 Å². The van der Waals surface area contributed by atoms with Gasteiger partial charge in [-0.2, -0.15) is 0 Å². The highest BCUT2D eigenvalue weighted by molar-refractivity contribution is 7.25. The van der Waals surface area contributed by atoms with Crippen LogP contribution >= 0.6 is 8.46 Å². The predicted molar refractivity (Wildman–Crippen MR) is 88.9 cm³/mol. The maximum absolute atomic E-state index is 13.1. The van der Waals surface area contributed by atoms with E-state index in [9.17, 15) is 9.36 Å². The summed E-state index contributed by atoms with van der Waals surface area (Å²) in [4.78, 5) is 13.1. The third kappa shape index (κ3) is 2.86. The molecule has 0 saturated carbocycles. The van der Waals surface area contributed by atoms with Crippen molar-refractivity contribution in [3.63, 3.8) is 0 Å². The molecule has 0 saturated heterocycles. The van der Waals surface area contributed by atoms with Gasteiger partial charge in [0, 0.05) is 19.8 Å². The van der Waals surface area contributed by atoms with Gasteiger partial charge in [-0.3, -0.25) is 9.36 Å². The van der Waals surface area contributed by atoms with Gasteiger partial charge in [-0.05, 0) is 12.5 Å². The molecule has 0 aliphatic heterocycles. The molecule has 0 amide bonds. The zero-order valence-electron chi connectivity index (χ0n) is 13.4. The Kier molecular flexibility index (Phi) is 5.42. The van der Waals surface area contributed by atoms with Crippen LogP contribution in [0.5, 0.6) is 0 Å². The molecule has 120 valence electrons. The zero-order chi connectivity index (χ0) is 16.9. The van der Waals surface area contributed by atoms with Crippen LogP contribution in [0.1, 0.15) is 22.8 Å². The maximum atomic E-state index is 13.1. The van der Waals surface area contributed by atoms with E-state index in [1.807, 2.05) is 24.3 Å². The second-order valence-electron chi connectivity index (χ2n) is 5.25. The standard InChI is InChI=1S/C18H19O4P/c1-17(23-20,15-12-8-5-9-13-15)18(21-2,22-3)16(19)14-10-6-4-7-11-14/h4-13H,1-3H3.